The standard InChI is InChI=1S/C17H35N3O/c1-4-9-17(14-18,10-5-2)16(21)19-11-6-15-7-12-20(3)13-8-15/h15H,4-14,18H2,1-3H3,(H,19,21). The molecule has 0 radical (unpaired) electrons. The zero-order chi connectivity index (χ0) is 15.7. The van der Waals surface area contributed by atoms with Gasteiger partial charge < -0.3 is 16.0 Å². The quantitative estimate of drug-likeness (QED) is 0.687. The molecule has 1 fully saturated rings. The largest absolute Gasteiger partial charge is 0.356 e. The zero-order valence-electron chi connectivity index (χ0n) is 14.3. The van der Waals surface area contributed by atoms with Crippen molar-refractivity contribution in [3.8, 4) is 0 Å². The number of rotatable bonds is 9. The van der Waals surface area contributed by atoms with Gasteiger partial charge in [-0.05, 0) is 58.2 Å². The van der Waals surface area contributed by atoms with E-state index in [0.717, 1.165) is 44.6 Å². The van der Waals surface area contributed by atoms with Gasteiger partial charge in [0, 0.05) is 13.1 Å². The Morgan fingerprint density at radius 1 is 1.24 bits per heavy atom. The van der Waals surface area contributed by atoms with Gasteiger partial charge in [-0.15, -0.1) is 0 Å². The summed E-state index contributed by atoms with van der Waals surface area (Å²) in [7, 11) is 2.18. The van der Waals surface area contributed by atoms with Gasteiger partial charge in [0.05, 0.1) is 5.41 Å². The molecule has 0 aromatic rings. The Labute approximate surface area is 130 Å². The molecule has 0 unspecified atom stereocenters. The minimum atomic E-state index is -0.337. The van der Waals surface area contributed by atoms with Crippen LogP contribution in [0.25, 0.3) is 0 Å². The lowest BCUT2D eigenvalue weighted by Gasteiger charge is -2.32. The number of likely N-dealkylation sites (tertiary alicyclic amines) is 1. The first-order valence-electron chi connectivity index (χ1n) is 8.75. The van der Waals surface area contributed by atoms with Crippen molar-refractivity contribution < 1.29 is 4.79 Å². The van der Waals surface area contributed by atoms with Gasteiger partial charge in [0.25, 0.3) is 0 Å². The number of amides is 1. The maximum absolute atomic E-state index is 12.6. The number of hydrogen-bond acceptors (Lipinski definition) is 3. The topological polar surface area (TPSA) is 58.4 Å². The molecule has 0 atom stereocenters. The molecule has 0 aromatic carbocycles. The van der Waals surface area contributed by atoms with Crippen molar-refractivity contribution in [3.63, 3.8) is 0 Å². The van der Waals surface area contributed by atoms with E-state index in [0.29, 0.717) is 6.54 Å². The minimum Gasteiger partial charge on any atom is -0.356 e. The van der Waals surface area contributed by atoms with Crippen LogP contribution >= 0.6 is 0 Å². The van der Waals surface area contributed by atoms with E-state index in [4.69, 9.17) is 5.73 Å². The summed E-state index contributed by atoms with van der Waals surface area (Å²) in [5, 5.41) is 3.17. The first-order valence-corrected chi connectivity index (χ1v) is 8.75. The van der Waals surface area contributed by atoms with Gasteiger partial charge in [0.2, 0.25) is 5.91 Å². The highest BCUT2D eigenvalue weighted by molar-refractivity contribution is 5.82. The average molecular weight is 297 g/mol. The van der Waals surface area contributed by atoms with E-state index in [1.165, 1.54) is 25.9 Å². The van der Waals surface area contributed by atoms with Crippen molar-refractivity contribution in [2.75, 3.05) is 33.2 Å². The second-order valence-corrected chi connectivity index (χ2v) is 6.78. The normalized spacial score (nSPS) is 17.9. The van der Waals surface area contributed by atoms with Crippen LogP contribution in [0.15, 0.2) is 0 Å². The Morgan fingerprint density at radius 3 is 2.29 bits per heavy atom. The van der Waals surface area contributed by atoms with E-state index in [9.17, 15) is 4.79 Å². The maximum Gasteiger partial charge on any atom is 0.227 e. The second-order valence-electron chi connectivity index (χ2n) is 6.78. The summed E-state index contributed by atoms with van der Waals surface area (Å²) in [6, 6.07) is 0. The van der Waals surface area contributed by atoms with Gasteiger partial charge in [-0.2, -0.15) is 0 Å². The lowest BCUT2D eigenvalue weighted by atomic mass is 9.78. The third-order valence-electron chi connectivity index (χ3n) is 5.01. The van der Waals surface area contributed by atoms with E-state index in [2.05, 4.69) is 31.1 Å². The Balaban J connectivity index is 2.39. The van der Waals surface area contributed by atoms with Crippen molar-refractivity contribution in [2.45, 2.75) is 58.8 Å². The maximum atomic E-state index is 12.6. The number of nitrogens with one attached hydrogen (secondary N) is 1. The summed E-state index contributed by atoms with van der Waals surface area (Å²) in [4.78, 5) is 15.0. The number of carbonyl (C=O) groups excluding carboxylic acids is 1. The van der Waals surface area contributed by atoms with Gasteiger partial charge in [0.1, 0.15) is 0 Å². The Morgan fingerprint density at radius 2 is 1.81 bits per heavy atom. The average Bonchev–Trinajstić information content (AvgIpc) is 2.48. The molecular weight excluding hydrogens is 262 g/mol. The fourth-order valence-corrected chi connectivity index (χ4v) is 3.53. The Hall–Kier alpha value is -0.610. The fourth-order valence-electron chi connectivity index (χ4n) is 3.53. The summed E-state index contributed by atoms with van der Waals surface area (Å²) in [5.41, 5.74) is 5.61. The number of piperidine rings is 1. The summed E-state index contributed by atoms with van der Waals surface area (Å²) in [6.07, 6.45) is 7.46. The first-order chi connectivity index (χ1) is 10.1. The van der Waals surface area contributed by atoms with Crippen LogP contribution in [0.4, 0.5) is 0 Å². The van der Waals surface area contributed by atoms with Gasteiger partial charge in [-0.1, -0.05) is 26.7 Å². The molecule has 21 heavy (non-hydrogen) atoms. The number of hydrogen-bond donors (Lipinski definition) is 2. The van der Waals surface area contributed by atoms with Gasteiger partial charge in [-0.25, -0.2) is 0 Å². The van der Waals surface area contributed by atoms with Crippen molar-refractivity contribution in [2.24, 2.45) is 17.1 Å². The van der Waals surface area contributed by atoms with Crippen molar-refractivity contribution in [1.29, 1.82) is 0 Å². The van der Waals surface area contributed by atoms with E-state index < -0.39 is 0 Å². The number of nitrogens with zero attached hydrogens (tertiary/aromatic N) is 1. The van der Waals surface area contributed by atoms with Gasteiger partial charge >= 0.3 is 0 Å². The molecule has 0 saturated carbocycles. The highest BCUT2D eigenvalue weighted by Gasteiger charge is 2.35. The highest BCUT2D eigenvalue weighted by Crippen LogP contribution is 2.29. The molecule has 4 heteroatoms. The number of carbonyl (C=O) groups is 1. The van der Waals surface area contributed by atoms with Crippen LogP contribution in [0.2, 0.25) is 0 Å². The van der Waals surface area contributed by atoms with Crippen molar-refractivity contribution in [1.82, 2.24) is 10.2 Å². The smallest absolute Gasteiger partial charge is 0.227 e. The van der Waals surface area contributed by atoms with Crippen LogP contribution < -0.4 is 11.1 Å². The van der Waals surface area contributed by atoms with Crippen LogP contribution in [0, 0.1) is 11.3 Å². The third-order valence-corrected chi connectivity index (χ3v) is 5.01. The van der Waals surface area contributed by atoms with Gasteiger partial charge in [-0.3, -0.25) is 4.79 Å². The monoisotopic (exact) mass is 297 g/mol. The van der Waals surface area contributed by atoms with Crippen LogP contribution in [0.5, 0.6) is 0 Å². The van der Waals surface area contributed by atoms with Gasteiger partial charge in [0.15, 0.2) is 0 Å². The predicted molar refractivity (Wildman–Crippen MR) is 89.2 cm³/mol. The molecule has 1 amide bonds. The molecule has 4 nitrogen and oxygen atoms in total. The summed E-state index contributed by atoms with van der Waals surface area (Å²) >= 11 is 0. The molecule has 0 aliphatic carbocycles. The molecule has 1 aliphatic rings. The fraction of sp³-hybridized carbons (Fsp3) is 0.941. The molecule has 1 saturated heterocycles. The molecule has 1 rings (SSSR count). The lowest BCUT2D eigenvalue weighted by molar-refractivity contribution is -0.131. The molecule has 0 aromatic heterocycles. The Kier molecular flexibility index (Phi) is 8.27. The predicted octanol–water partition coefficient (Wildman–Crippen LogP) is 2.38. The van der Waals surface area contributed by atoms with E-state index in [-0.39, 0.29) is 11.3 Å². The van der Waals surface area contributed by atoms with E-state index in [1.807, 2.05) is 0 Å². The molecule has 1 aliphatic heterocycles. The zero-order valence-corrected chi connectivity index (χ0v) is 14.3. The third kappa shape index (κ3) is 5.59. The highest BCUT2D eigenvalue weighted by atomic mass is 16.2. The number of nitrogens with two attached hydrogens (primary N) is 1. The molecular formula is C17H35N3O. The lowest BCUT2D eigenvalue weighted by Crippen LogP contribution is -2.46. The summed E-state index contributed by atoms with van der Waals surface area (Å²) < 4.78 is 0. The molecule has 124 valence electrons. The van der Waals surface area contributed by atoms with Crippen molar-refractivity contribution in [3.05, 3.63) is 0 Å². The summed E-state index contributed by atoms with van der Waals surface area (Å²) in [5.74, 6) is 0.952. The van der Waals surface area contributed by atoms with Crippen LogP contribution in [0.3, 0.4) is 0 Å². The Bertz CT molecular complexity index is 292. The summed E-state index contributed by atoms with van der Waals surface area (Å²) in [6.45, 7) is 7.92. The van der Waals surface area contributed by atoms with Crippen LogP contribution in [-0.2, 0) is 4.79 Å². The molecule has 3 N–H and O–H groups in total. The second kappa shape index (κ2) is 9.42. The van der Waals surface area contributed by atoms with Crippen LogP contribution in [-0.4, -0.2) is 44.0 Å². The minimum absolute atomic E-state index is 0.182. The van der Waals surface area contributed by atoms with Crippen LogP contribution in [0.1, 0.15) is 58.8 Å². The molecule has 0 bridgehead atoms. The van der Waals surface area contributed by atoms with E-state index in [1.54, 1.807) is 0 Å². The first kappa shape index (κ1) is 18.4. The van der Waals surface area contributed by atoms with E-state index >= 15 is 0 Å². The SMILES string of the molecule is CCCC(CN)(CCC)C(=O)NCCC1CCN(C)CC1. The molecule has 1 heterocycles. The van der Waals surface area contributed by atoms with Crippen molar-refractivity contribution >= 4 is 5.91 Å². The molecule has 0 spiro atoms.